The molecule has 0 saturated heterocycles. The molecule has 0 N–H and O–H groups in total. The van der Waals surface area contributed by atoms with E-state index in [0.29, 0.717) is 0 Å². The molecule has 0 saturated carbocycles. The van der Waals surface area contributed by atoms with E-state index >= 15 is 0 Å². The third kappa shape index (κ3) is 3.35. The molecular weight excluding hydrogens is 223 g/mol. The molecule has 88 valence electrons. The van der Waals surface area contributed by atoms with Crippen molar-refractivity contribution < 1.29 is 0 Å². The fourth-order valence-electron chi connectivity index (χ4n) is 1.91. The maximum atomic E-state index is 4.19. The van der Waals surface area contributed by atoms with Gasteiger partial charge in [-0.1, -0.05) is 42.5 Å². The second-order valence-electron chi connectivity index (χ2n) is 4.65. The van der Waals surface area contributed by atoms with Gasteiger partial charge in [-0.05, 0) is 54.7 Å². The van der Waals surface area contributed by atoms with E-state index in [1.807, 2.05) is 0 Å². The topological polar surface area (TPSA) is 0 Å². The highest BCUT2D eigenvalue weighted by Gasteiger charge is 2.01. The molecule has 1 heterocycles. The molecule has 0 aliphatic carbocycles. The summed E-state index contributed by atoms with van der Waals surface area (Å²) in [4.78, 5) is 0. The first kappa shape index (κ1) is 12.2. The molecule has 17 heavy (non-hydrogen) atoms. The fourth-order valence-corrected chi connectivity index (χ4v) is 3.10. The van der Waals surface area contributed by atoms with Gasteiger partial charge in [0.2, 0.25) is 0 Å². The summed E-state index contributed by atoms with van der Waals surface area (Å²) < 4.78 is 0. The minimum absolute atomic E-state index is 0.00951. The van der Waals surface area contributed by atoms with Crippen LogP contribution in [0, 0.1) is 6.92 Å². The predicted molar refractivity (Wildman–Crippen MR) is 78.7 cm³/mol. The molecule has 0 fully saturated rings. The molecule has 2 aromatic rings. The predicted octanol–water partition coefficient (Wildman–Crippen LogP) is 5.16. The van der Waals surface area contributed by atoms with E-state index in [1.165, 1.54) is 22.3 Å². The minimum Gasteiger partial charge on any atom is -0.128 e. The van der Waals surface area contributed by atoms with Crippen molar-refractivity contribution >= 4 is 13.1 Å². The fraction of sp³-hybridized carbons (Fsp3) is 0.250. The third-order valence-corrected chi connectivity index (χ3v) is 4.38. The molecular formula is C16H19P. The van der Waals surface area contributed by atoms with E-state index in [1.54, 1.807) is 0 Å². The van der Waals surface area contributed by atoms with Crippen molar-refractivity contribution in [1.29, 1.82) is 0 Å². The maximum Gasteiger partial charge on any atom is -0.0188 e. The summed E-state index contributed by atoms with van der Waals surface area (Å²) in [5.41, 5.74) is 5.35. The van der Waals surface area contributed by atoms with Gasteiger partial charge >= 0.3 is 0 Å². The Hall–Kier alpha value is -1.26. The van der Waals surface area contributed by atoms with Crippen LogP contribution in [0.5, 0.6) is 0 Å². The minimum atomic E-state index is -0.00951. The number of benzene rings is 1. The van der Waals surface area contributed by atoms with Gasteiger partial charge in [0.1, 0.15) is 0 Å². The monoisotopic (exact) mass is 242 g/mol. The molecule has 1 heteroatoms. The average molecular weight is 242 g/mol. The Morgan fingerprint density at radius 1 is 1.18 bits per heavy atom. The normalized spacial score (nSPS) is 11.5. The Bertz CT molecular complexity index is 503. The van der Waals surface area contributed by atoms with Crippen molar-refractivity contribution in [2.45, 2.75) is 19.8 Å². The lowest BCUT2D eigenvalue weighted by molar-refractivity contribution is 1.02. The summed E-state index contributed by atoms with van der Waals surface area (Å²) in [5.74, 6) is 4.65. The first-order valence-electron chi connectivity index (χ1n) is 6.01. The zero-order valence-corrected chi connectivity index (χ0v) is 11.5. The van der Waals surface area contributed by atoms with Crippen LogP contribution >= 0.6 is 7.53 Å². The highest BCUT2D eigenvalue weighted by atomic mass is 31.1. The van der Waals surface area contributed by atoms with E-state index < -0.39 is 0 Å². The molecule has 0 aliphatic heterocycles. The summed E-state index contributed by atoms with van der Waals surface area (Å²) in [5, 5.41) is 0. The van der Waals surface area contributed by atoms with Gasteiger partial charge in [0.25, 0.3) is 0 Å². The highest BCUT2D eigenvalue weighted by molar-refractivity contribution is 7.46. The first-order chi connectivity index (χ1) is 8.15. The Kier molecular flexibility index (Phi) is 3.86. The lowest BCUT2D eigenvalue weighted by atomic mass is 10.0. The van der Waals surface area contributed by atoms with Gasteiger partial charge in [-0.2, -0.15) is 0 Å². The molecule has 0 radical (unpaired) electrons. The van der Waals surface area contributed by atoms with Crippen LogP contribution in [0.4, 0.5) is 0 Å². The van der Waals surface area contributed by atoms with Gasteiger partial charge in [0.05, 0.1) is 0 Å². The van der Waals surface area contributed by atoms with Crippen molar-refractivity contribution in [3.8, 4) is 0 Å². The Balaban J connectivity index is 1.94. The summed E-state index contributed by atoms with van der Waals surface area (Å²) in [6.07, 6.45) is 2.15. The summed E-state index contributed by atoms with van der Waals surface area (Å²) >= 11 is 0. The molecule has 2 rings (SSSR count). The number of hydrogen-bond acceptors (Lipinski definition) is 0. The second-order valence-corrected chi connectivity index (χ2v) is 6.54. The van der Waals surface area contributed by atoms with E-state index in [2.05, 4.69) is 62.1 Å². The van der Waals surface area contributed by atoms with Crippen LogP contribution in [0.25, 0.3) is 5.57 Å². The van der Waals surface area contributed by atoms with Crippen molar-refractivity contribution in [3.63, 3.8) is 0 Å². The van der Waals surface area contributed by atoms with Crippen LogP contribution in [0.1, 0.15) is 23.1 Å². The molecule has 0 spiro atoms. The van der Waals surface area contributed by atoms with Crippen LogP contribution < -0.4 is 0 Å². The van der Waals surface area contributed by atoms with Gasteiger partial charge in [0.15, 0.2) is 0 Å². The molecule has 0 amide bonds. The lowest BCUT2D eigenvalue weighted by Crippen LogP contribution is -1.87. The number of rotatable bonds is 4. The zero-order chi connectivity index (χ0) is 12.3. The molecule has 1 unspecified atom stereocenters. The van der Waals surface area contributed by atoms with Gasteiger partial charge in [-0.3, -0.25) is 0 Å². The molecule has 0 nitrogen and oxygen atoms in total. The number of aryl methyl sites for hydroxylation is 3. The van der Waals surface area contributed by atoms with Crippen LogP contribution in [0.2, 0.25) is 0 Å². The number of hydrogen-bond donors (Lipinski definition) is 0. The van der Waals surface area contributed by atoms with Crippen LogP contribution in [0.15, 0.2) is 48.5 Å². The van der Waals surface area contributed by atoms with Crippen LogP contribution in [-0.4, -0.2) is 0 Å². The second kappa shape index (κ2) is 5.38. The lowest BCUT2D eigenvalue weighted by Gasteiger charge is -2.04. The Labute approximate surface area is 105 Å². The summed E-state index contributed by atoms with van der Waals surface area (Å²) in [6.45, 7) is 8.59. The Morgan fingerprint density at radius 2 is 1.88 bits per heavy atom. The van der Waals surface area contributed by atoms with Gasteiger partial charge < -0.3 is 0 Å². The molecule has 1 aromatic heterocycles. The Morgan fingerprint density at radius 3 is 2.47 bits per heavy atom. The zero-order valence-electron chi connectivity index (χ0n) is 10.6. The third-order valence-electron chi connectivity index (χ3n) is 3.08. The summed E-state index contributed by atoms with van der Waals surface area (Å²) in [7, 11) is -0.00951. The van der Waals surface area contributed by atoms with Crippen LogP contribution in [0.3, 0.4) is 0 Å². The van der Waals surface area contributed by atoms with E-state index in [-0.39, 0.29) is 7.53 Å². The quantitative estimate of drug-likeness (QED) is 0.694. The van der Waals surface area contributed by atoms with E-state index in [0.717, 1.165) is 12.8 Å². The largest absolute Gasteiger partial charge is 0.128 e. The molecule has 1 aromatic carbocycles. The maximum absolute atomic E-state index is 4.19. The van der Waals surface area contributed by atoms with Crippen molar-refractivity contribution in [1.82, 2.24) is 0 Å². The standard InChI is InChI=1S/C16H19P/c1-13-4-7-15(8-5-13)9-6-14(2)16-10-11-17(3)12-16/h4-5,7-8,10-12H,2,6,9H2,1,3H3. The molecule has 0 aliphatic rings. The summed E-state index contributed by atoms with van der Waals surface area (Å²) in [6, 6.07) is 11.0. The van der Waals surface area contributed by atoms with Crippen LogP contribution in [-0.2, 0) is 13.1 Å². The molecule has 1 atom stereocenters. The SMILES string of the molecule is C=C(CCc1ccc(C)cc1)c1ccp(C)c1. The average Bonchev–Trinajstić information content (AvgIpc) is 2.75. The van der Waals surface area contributed by atoms with Gasteiger partial charge in [0, 0.05) is 0 Å². The molecule has 0 bridgehead atoms. The first-order valence-corrected chi connectivity index (χ1v) is 7.93. The number of allylic oxidation sites excluding steroid dienone is 1. The highest BCUT2D eigenvalue weighted by Crippen LogP contribution is 2.30. The van der Waals surface area contributed by atoms with Gasteiger partial charge in [-0.25, -0.2) is 0 Å². The smallest absolute Gasteiger partial charge is 0.0188 e. The van der Waals surface area contributed by atoms with E-state index in [9.17, 15) is 0 Å². The van der Waals surface area contributed by atoms with Crippen molar-refractivity contribution in [3.05, 3.63) is 65.2 Å². The van der Waals surface area contributed by atoms with E-state index in [4.69, 9.17) is 0 Å². The van der Waals surface area contributed by atoms with Crippen molar-refractivity contribution in [2.24, 2.45) is 6.66 Å². The van der Waals surface area contributed by atoms with Gasteiger partial charge in [-0.15, -0.1) is 7.53 Å². The van der Waals surface area contributed by atoms with Crippen molar-refractivity contribution in [2.75, 3.05) is 0 Å².